The van der Waals surface area contributed by atoms with E-state index in [0.29, 0.717) is 5.69 Å². The summed E-state index contributed by atoms with van der Waals surface area (Å²) in [5.74, 6) is -0.157. The molecule has 0 aliphatic heterocycles. The zero-order chi connectivity index (χ0) is 13.2. The number of halogens is 3. The van der Waals surface area contributed by atoms with Gasteiger partial charge in [0.2, 0.25) is 0 Å². The monoisotopic (exact) mass is 294 g/mol. The first kappa shape index (κ1) is 16.8. The molecule has 2 rings (SSSR count). The van der Waals surface area contributed by atoms with Crippen LogP contribution in [-0.2, 0) is 13.7 Å². The van der Waals surface area contributed by atoms with Gasteiger partial charge in [-0.3, -0.25) is 4.68 Å². The summed E-state index contributed by atoms with van der Waals surface area (Å²) in [4.78, 5) is 0. The van der Waals surface area contributed by atoms with Crippen LogP contribution in [0.1, 0.15) is 5.69 Å². The van der Waals surface area contributed by atoms with Crippen LogP contribution in [0.5, 0.6) is 5.75 Å². The van der Waals surface area contributed by atoms with E-state index in [1.165, 1.54) is 18.2 Å². The number of hydrogen-bond donors (Lipinski definition) is 0. The Hall–Kier alpha value is -0.279. The molecule has 0 bridgehead atoms. The number of aryl methyl sites for hydroxylation is 1. The van der Waals surface area contributed by atoms with E-state index in [1.54, 1.807) is 24.0 Å². The number of aromatic nitrogens is 2. The molecule has 0 aliphatic rings. The van der Waals surface area contributed by atoms with Crippen LogP contribution in [0.2, 0.25) is 0 Å². The third-order valence-corrected chi connectivity index (χ3v) is 2.42. The van der Waals surface area contributed by atoms with Gasteiger partial charge in [-0.2, -0.15) is 5.10 Å². The van der Waals surface area contributed by atoms with Gasteiger partial charge < -0.3 is 17.7 Å². The van der Waals surface area contributed by atoms with Crippen LogP contribution in [0, 0.1) is 0 Å². The predicted molar refractivity (Wildman–Crippen MR) is 62.7 cm³/mol. The largest absolute Gasteiger partial charge is 1.00 e. The van der Waals surface area contributed by atoms with Crippen LogP contribution in [-0.4, -0.2) is 16.8 Å². The Morgan fingerprint density at radius 2 is 1.89 bits per heavy atom. The van der Waals surface area contributed by atoms with Crippen molar-refractivity contribution >= 4 is 12.4 Å². The van der Waals surface area contributed by atoms with Gasteiger partial charge in [0.15, 0.2) is 0 Å². The predicted octanol–water partition coefficient (Wildman–Crippen LogP) is -0.943. The third kappa shape index (κ3) is 4.64. The van der Waals surface area contributed by atoms with Gasteiger partial charge in [0.05, 0.1) is 11.4 Å². The number of ether oxygens (including phenoxy) is 1. The Morgan fingerprint density at radius 1 is 1.21 bits per heavy atom. The van der Waals surface area contributed by atoms with Gasteiger partial charge in [0.25, 0.3) is 0 Å². The second-order valence-corrected chi connectivity index (χ2v) is 3.88. The van der Waals surface area contributed by atoms with E-state index < -0.39 is 12.4 Å². The summed E-state index contributed by atoms with van der Waals surface area (Å²) >= 11 is 0. The minimum atomic E-state index is -5.07. The first-order valence-electron chi connectivity index (χ1n) is 5.37. The van der Waals surface area contributed by atoms with E-state index in [0.717, 1.165) is 6.07 Å². The van der Waals surface area contributed by atoms with Crippen LogP contribution in [0.15, 0.2) is 36.5 Å². The molecule has 0 amide bonds. The Kier molecular flexibility index (Phi) is 6.13. The molecule has 0 aliphatic carbocycles. The quantitative estimate of drug-likeness (QED) is 0.681. The fourth-order valence-electron chi connectivity index (χ4n) is 1.57. The number of para-hydroxylation sites is 1. The normalized spacial score (nSPS) is 10.9. The SMILES string of the molecule is Cn1ccc(COc2ccccc2[B-](F)(F)F)n1.[K+]. The van der Waals surface area contributed by atoms with Gasteiger partial charge in [-0.15, -0.1) is 0 Å². The maximum atomic E-state index is 12.7. The van der Waals surface area contributed by atoms with Gasteiger partial charge in [-0.25, -0.2) is 0 Å². The fraction of sp³-hybridized carbons (Fsp3) is 0.182. The topological polar surface area (TPSA) is 27.1 Å². The molecule has 19 heavy (non-hydrogen) atoms. The van der Waals surface area contributed by atoms with E-state index in [9.17, 15) is 12.9 Å². The van der Waals surface area contributed by atoms with Crippen LogP contribution in [0.3, 0.4) is 0 Å². The Balaban J connectivity index is 0.00000180. The van der Waals surface area contributed by atoms with Crippen LogP contribution < -0.4 is 61.6 Å². The van der Waals surface area contributed by atoms with E-state index in [1.807, 2.05) is 0 Å². The van der Waals surface area contributed by atoms with Crippen LogP contribution >= 0.6 is 0 Å². The van der Waals surface area contributed by atoms with Crippen molar-refractivity contribution in [2.75, 3.05) is 0 Å². The zero-order valence-corrected chi connectivity index (χ0v) is 13.8. The molecule has 0 unspecified atom stereocenters. The van der Waals surface area contributed by atoms with Gasteiger partial charge in [-0.1, -0.05) is 23.7 Å². The number of hydrogen-bond acceptors (Lipinski definition) is 2. The maximum absolute atomic E-state index is 12.7. The van der Waals surface area contributed by atoms with Gasteiger partial charge in [-0.05, 0) is 12.1 Å². The average Bonchev–Trinajstić information content (AvgIpc) is 2.72. The van der Waals surface area contributed by atoms with E-state index in [2.05, 4.69) is 5.10 Å². The Bertz CT molecular complexity index is 545. The molecule has 0 radical (unpaired) electrons. The molecule has 96 valence electrons. The molecule has 2 aromatic rings. The third-order valence-electron chi connectivity index (χ3n) is 2.42. The van der Waals surface area contributed by atoms with Crippen molar-refractivity contribution in [3.05, 3.63) is 42.2 Å². The number of nitrogens with zero attached hydrogens (tertiary/aromatic N) is 2. The average molecular weight is 294 g/mol. The molecule has 0 saturated carbocycles. The minimum Gasteiger partial charge on any atom is -0.490 e. The van der Waals surface area contributed by atoms with Crippen molar-refractivity contribution in [3.8, 4) is 5.75 Å². The molecule has 1 aromatic carbocycles. The fourth-order valence-corrected chi connectivity index (χ4v) is 1.57. The zero-order valence-electron chi connectivity index (χ0n) is 10.7. The molecule has 0 fully saturated rings. The summed E-state index contributed by atoms with van der Waals surface area (Å²) in [6.07, 6.45) is 1.71. The van der Waals surface area contributed by atoms with Crippen molar-refractivity contribution in [3.63, 3.8) is 0 Å². The van der Waals surface area contributed by atoms with Gasteiger partial charge in [0.1, 0.15) is 6.61 Å². The van der Waals surface area contributed by atoms with Gasteiger partial charge in [0, 0.05) is 13.2 Å². The van der Waals surface area contributed by atoms with Crippen molar-refractivity contribution in [2.24, 2.45) is 7.05 Å². The smallest absolute Gasteiger partial charge is 0.490 e. The van der Waals surface area contributed by atoms with E-state index >= 15 is 0 Å². The van der Waals surface area contributed by atoms with E-state index in [4.69, 9.17) is 4.74 Å². The standard InChI is InChI=1S/C11H11BF3N2O.K/c1-17-7-6-9(16-17)8-18-11-5-3-2-4-10(11)12(13,14)15;/h2-7H,8H2,1H3;/q-1;+1. The van der Waals surface area contributed by atoms with Crippen molar-refractivity contribution < 1.29 is 69.1 Å². The Labute approximate surface area is 151 Å². The molecular weight excluding hydrogens is 283 g/mol. The first-order valence-corrected chi connectivity index (χ1v) is 5.37. The molecule has 3 nitrogen and oxygen atoms in total. The van der Waals surface area contributed by atoms with Crippen molar-refractivity contribution in [1.82, 2.24) is 9.78 Å². The van der Waals surface area contributed by atoms with Crippen molar-refractivity contribution in [2.45, 2.75) is 6.61 Å². The first-order chi connectivity index (χ1) is 8.47. The molecule has 0 N–H and O–H groups in total. The summed E-state index contributed by atoms with van der Waals surface area (Å²) in [6, 6.07) is 6.89. The molecule has 8 heteroatoms. The molecule has 0 saturated heterocycles. The second-order valence-electron chi connectivity index (χ2n) is 3.88. The van der Waals surface area contributed by atoms with Crippen LogP contribution in [0.25, 0.3) is 0 Å². The molecule has 0 spiro atoms. The summed E-state index contributed by atoms with van der Waals surface area (Å²) < 4.78 is 45.0. The van der Waals surface area contributed by atoms with Gasteiger partial charge >= 0.3 is 58.4 Å². The summed E-state index contributed by atoms with van der Waals surface area (Å²) in [7, 11) is 1.73. The minimum absolute atomic E-state index is 0. The summed E-state index contributed by atoms with van der Waals surface area (Å²) in [6.45, 7) is -5.05. The Morgan fingerprint density at radius 3 is 2.47 bits per heavy atom. The van der Waals surface area contributed by atoms with Crippen LogP contribution in [0.4, 0.5) is 12.9 Å². The maximum Gasteiger partial charge on any atom is 1.00 e. The van der Waals surface area contributed by atoms with Crippen molar-refractivity contribution in [1.29, 1.82) is 0 Å². The molecular formula is C11H11BF3KN2O. The van der Waals surface area contributed by atoms with E-state index in [-0.39, 0.29) is 63.7 Å². The molecule has 1 heterocycles. The number of benzene rings is 1. The molecule has 0 atom stereocenters. The summed E-state index contributed by atoms with van der Waals surface area (Å²) in [5.41, 5.74) is -0.129. The summed E-state index contributed by atoms with van der Waals surface area (Å²) in [5, 5.41) is 4.03. The second kappa shape index (κ2) is 6.94. The number of rotatable bonds is 4. The molecule has 1 aromatic heterocycles.